The Labute approximate surface area is 126 Å². The molecule has 0 aromatic heterocycles. The van der Waals surface area contributed by atoms with Crippen molar-refractivity contribution < 1.29 is 19.1 Å². The zero-order chi connectivity index (χ0) is 15.3. The smallest absolute Gasteiger partial charge is 0.330 e. The fraction of sp³-hybridized carbons (Fsp3) is 0.765. The molecule has 3 aliphatic rings. The molecule has 3 rings (SSSR count). The quantitative estimate of drug-likeness (QED) is 0.428. The van der Waals surface area contributed by atoms with Gasteiger partial charge in [-0.2, -0.15) is 0 Å². The number of ether oxygens (including phenoxy) is 2. The number of unbranched alkanes of at least 4 members (excludes halogenated alkanes) is 1. The second kappa shape index (κ2) is 6.63. The number of hydrogen-bond acceptors (Lipinski definition) is 4. The summed E-state index contributed by atoms with van der Waals surface area (Å²) in [6, 6.07) is 0. The van der Waals surface area contributed by atoms with Gasteiger partial charge in [0, 0.05) is 6.08 Å². The van der Waals surface area contributed by atoms with Gasteiger partial charge in [0.1, 0.15) is 0 Å². The molecule has 4 heteroatoms. The summed E-state index contributed by atoms with van der Waals surface area (Å²) < 4.78 is 10.1. The van der Waals surface area contributed by atoms with Crippen molar-refractivity contribution in [2.45, 2.75) is 58.3 Å². The summed E-state index contributed by atoms with van der Waals surface area (Å²) in [4.78, 5) is 23.6. The molecule has 0 atom stereocenters. The Bertz CT molecular complexity index is 400. The number of esters is 2. The van der Waals surface area contributed by atoms with Crippen molar-refractivity contribution in [2.75, 3.05) is 13.7 Å². The third kappa shape index (κ3) is 3.47. The number of carbonyl (C=O) groups excluding carboxylic acids is 2. The van der Waals surface area contributed by atoms with Crippen LogP contribution in [-0.2, 0) is 19.1 Å². The molecular weight excluding hydrogens is 268 g/mol. The van der Waals surface area contributed by atoms with Gasteiger partial charge in [0.15, 0.2) is 0 Å². The molecular formula is C17H26O4. The largest absolute Gasteiger partial charge is 0.469 e. The highest BCUT2D eigenvalue weighted by Gasteiger charge is 2.52. The minimum Gasteiger partial charge on any atom is -0.469 e. The van der Waals surface area contributed by atoms with Crippen LogP contribution in [0.2, 0.25) is 0 Å². The summed E-state index contributed by atoms with van der Waals surface area (Å²) in [7, 11) is 1.47. The molecule has 0 amide bonds. The molecule has 3 fully saturated rings. The maximum absolute atomic E-state index is 11.9. The van der Waals surface area contributed by atoms with Crippen LogP contribution in [0.1, 0.15) is 58.3 Å². The highest BCUT2D eigenvalue weighted by atomic mass is 16.5. The zero-order valence-corrected chi connectivity index (χ0v) is 13.2. The number of hydrogen-bond donors (Lipinski definition) is 0. The standard InChI is InChI=1S/C17H26O4/c1-3-4-13-21-14(18)5-6-16-7-10-17(11-8-16,12-9-16)15(19)20-2/h5-6H,3-4,7-13H2,1-2H3/b6-5+. The van der Waals surface area contributed by atoms with Crippen LogP contribution in [0.5, 0.6) is 0 Å². The SMILES string of the molecule is CCCCOC(=O)/C=C/C12CCC(C(=O)OC)(CC1)CC2. The minimum atomic E-state index is -0.258. The average Bonchev–Trinajstić information content (AvgIpc) is 2.54. The molecule has 3 aliphatic carbocycles. The van der Waals surface area contributed by atoms with Crippen LogP contribution in [0.4, 0.5) is 0 Å². The molecule has 0 N–H and O–H groups in total. The summed E-state index contributed by atoms with van der Waals surface area (Å²) >= 11 is 0. The summed E-state index contributed by atoms with van der Waals surface area (Å²) in [5.74, 6) is -0.299. The van der Waals surface area contributed by atoms with Gasteiger partial charge >= 0.3 is 11.9 Å². The Hall–Kier alpha value is -1.32. The summed E-state index contributed by atoms with van der Waals surface area (Å²) in [5, 5.41) is 0. The predicted molar refractivity (Wildman–Crippen MR) is 79.6 cm³/mol. The molecule has 0 saturated heterocycles. The van der Waals surface area contributed by atoms with Gasteiger partial charge < -0.3 is 9.47 Å². The normalized spacial score (nSPS) is 31.3. The monoisotopic (exact) mass is 294 g/mol. The van der Waals surface area contributed by atoms with Crippen LogP contribution < -0.4 is 0 Å². The van der Waals surface area contributed by atoms with E-state index < -0.39 is 0 Å². The number of methoxy groups -OCH3 is 1. The third-order valence-corrected chi connectivity index (χ3v) is 5.24. The van der Waals surface area contributed by atoms with Crippen molar-refractivity contribution in [3.05, 3.63) is 12.2 Å². The van der Waals surface area contributed by atoms with Crippen molar-refractivity contribution >= 4 is 11.9 Å². The lowest BCUT2D eigenvalue weighted by Crippen LogP contribution is -2.45. The lowest BCUT2D eigenvalue weighted by Gasteiger charge is -2.50. The first-order chi connectivity index (χ1) is 10.1. The van der Waals surface area contributed by atoms with E-state index in [1.54, 1.807) is 6.08 Å². The Morgan fingerprint density at radius 2 is 1.71 bits per heavy atom. The molecule has 3 saturated carbocycles. The van der Waals surface area contributed by atoms with Gasteiger partial charge in [-0.3, -0.25) is 4.79 Å². The van der Waals surface area contributed by atoms with E-state index in [4.69, 9.17) is 9.47 Å². The molecule has 0 aromatic carbocycles. The van der Waals surface area contributed by atoms with Gasteiger partial charge in [-0.15, -0.1) is 0 Å². The van der Waals surface area contributed by atoms with Gasteiger partial charge in [0.05, 0.1) is 19.1 Å². The van der Waals surface area contributed by atoms with Gasteiger partial charge in [0.25, 0.3) is 0 Å². The molecule has 4 nitrogen and oxygen atoms in total. The van der Waals surface area contributed by atoms with Crippen molar-refractivity contribution in [1.29, 1.82) is 0 Å². The van der Waals surface area contributed by atoms with Crippen LogP contribution in [0.25, 0.3) is 0 Å². The fourth-order valence-corrected chi connectivity index (χ4v) is 3.60. The first-order valence-electron chi connectivity index (χ1n) is 8.00. The van der Waals surface area contributed by atoms with E-state index in [9.17, 15) is 9.59 Å². The van der Waals surface area contributed by atoms with Crippen molar-refractivity contribution in [3.8, 4) is 0 Å². The van der Waals surface area contributed by atoms with Crippen molar-refractivity contribution in [1.82, 2.24) is 0 Å². The number of rotatable bonds is 6. The Morgan fingerprint density at radius 1 is 1.10 bits per heavy atom. The third-order valence-electron chi connectivity index (χ3n) is 5.24. The zero-order valence-electron chi connectivity index (χ0n) is 13.2. The first kappa shape index (κ1) is 16.1. The second-order valence-corrected chi connectivity index (χ2v) is 6.49. The van der Waals surface area contributed by atoms with Crippen molar-refractivity contribution in [2.24, 2.45) is 10.8 Å². The van der Waals surface area contributed by atoms with Gasteiger partial charge in [-0.1, -0.05) is 19.4 Å². The molecule has 0 spiro atoms. The van der Waals surface area contributed by atoms with Gasteiger partial charge in [-0.05, 0) is 50.4 Å². The fourth-order valence-electron chi connectivity index (χ4n) is 3.60. The highest BCUT2D eigenvalue weighted by Crippen LogP contribution is 2.57. The van der Waals surface area contributed by atoms with Gasteiger partial charge in [-0.25, -0.2) is 4.79 Å². The van der Waals surface area contributed by atoms with E-state index in [0.717, 1.165) is 51.4 Å². The van der Waals surface area contributed by atoms with Gasteiger partial charge in [0.2, 0.25) is 0 Å². The van der Waals surface area contributed by atoms with Crippen LogP contribution in [0.15, 0.2) is 12.2 Å². The Kier molecular flexibility index (Phi) is 5.07. The van der Waals surface area contributed by atoms with E-state index in [2.05, 4.69) is 6.92 Å². The molecule has 2 bridgehead atoms. The maximum atomic E-state index is 11.9. The van der Waals surface area contributed by atoms with E-state index in [-0.39, 0.29) is 22.8 Å². The van der Waals surface area contributed by atoms with E-state index in [0.29, 0.717) is 6.61 Å². The topological polar surface area (TPSA) is 52.6 Å². The van der Waals surface area contributed by atoms with Crippen LogP contribution in [0, 0.1) is 10.8 Å². The van der Waals surface area contributed by atoms with Crippen LogP contribution in [-0.4, -0.2) is 25.7 Å². The predicted octanol–water partition coefficient (Wildman–Crippen LogP) is 3.40. The van der Waals surface area contributed by atoms with E-state index >= 15 is 0 Å². The highest BCUT2D eigenvalue weighted by molar-refractivity contribution is 5.82. The number of allylic oxidation sites excluding steroid dienone is 1. The molecule has 0 aliphatic heterocycles. The summed E-state index contributed by atoms with van der Waals surface area (Å²) in [6.45, 7) is 2.57. The van der Waals surface area contributed by atoms with Crippen molar-refractivity contribution in [3.63, 3.8) is 0 Å². The Morgan fingerprint density at radius 3 is 2.24 bits per heavy atom. The van der Waals surface area contributed by atoms with Crippen LogP contribution >= 0.6 is 0 Å². The first-order valence-corrected chi connectivity index (χ1v) is 8.00. The molecule has 0 heterocycles. The molecule has 0 radical (unpaired) electrons. The van der Waals surface area contributed by atoms with E-state index in [1.807, 2.05) is 6.08 Å². The van der Waals surface area contributed by atoms with Crippen LogP contribution in [0.3, 0.4) is 0 Å². The minimum absolute atomic E-state index is 0.0567. The Balaban J connectivity index is 1.89. The van der Waals surface area contributed by atoms with E-state index in [1.165, 1.54) is 7.11 Å². The maximum Gasteiger partial charge on any atom is 0.330 e. The molecule has 21 heavy (non-hydrogen) atoms. The lowest BCUT2D eigenvalue weighted by atomic mass is 9.53. The summed E-state index contributed by atoms with van der Waals surface area (Å²) in [5.41, 5.74) is -0.175. The molecule has 0 aromatic rings. The average molecular weight is 294 g/mol. The molecule has 0 unspecified atom stereocenters. The number of carbonyl (C=O) groups is 2. The summed E-state index contributed by atoms with van der Waals surface area (Å²) in [6.07, 6.45) is 11.0. The lowest BCUT2D eigenvalue weighted by molar-refractivity contribution is -0.161. The molecule has 118 valence electrons. The number of fused-ring (bicyclic) bond motifs is 3. The second-order valence-electron chi connectivity index (χ2n) is 6.49.